The van der Waals surface area contributed by atoms with Crippen LogP contribution in [0.2, 0.25) is 0 Å². The van der Waals surface area contributed by atoms with Crippen LogP contribution in [0.4, 0.5) is 8.78 Å². The first-order valence-electron chi connectivity index (χ1n) is 5.06. The molecule has 1 aromatic rings. The molecule has 1 heterocycles. The van der Waals surface area contributed by atoms with Crippen LogP contribution in [-0.4, -0.2) is 22.0 Å². The molecule has 0 saturated carbocycles. The summed E-state index contributed by atoms with van der Waals surface area (Å²) >= 11 is 3.30. The predicted molar refractivity (Wildman–Crippen MR) is 59.7 cm³/mol. The molecule has 0 saturated heterocycles. The number of alkyl halides is 2. The lowest BCUT2D eigenvalue weighted by atomic mass is 10.2. The monoisotopic (exact) mass is 294 g/mol. The Kier molecular flexibility index (Phi) is 4.58. The van der Waals surface area contributed by atoms with Gasteiger partial charge in [0.05, 0.1) is 22.3 Å². The van der Waals surface area contributed by atoms with Gasteiger partial charge in [-0.2, -0.15) is 5.10 Å². The smallest absolute Gasteiger partial charge is 0.293 e. The first-order chi connectivity index (χ1) is 7.51. The Hall–Kier alpha value is -0.780. The van der Waals surface area contributed by atoms with E-state index in [-0.39, 0.29) is 6.42 Å². The van der Waals surface area contributed by atoms with Gasteiger partial charge < -0.3 is 0 Å². The van der Waals surface area contributed by atoms with Crippen molar-refractivity contribution in [2.45, 2.75) is 39.7 Å². The second-order valence-electron chi connectivity index (χ2n) is 3.32. The zero-order valence-corrected chi connectivity index (χ0v) is 10.7. The number of nitrogens with zero attached hydrogens (tertiary/aromatic N) is 2. The first kappa shape index (κ1) is 13.3. The summed E-state index contributed by atoms with van der Waals surface area (Å²) < 4.78 is 26.6. The van der Waals surface area contributed by atoms with Crippen molar-refractivity contribution in [3.8, 4) is 0 Å². The van der Waals surface area contributed by atoms with Gasteiger partial charge in [0.15, 0.2) is 0 Å². The average Bonchev–Trinajstić information content (AvgIpc) is 2.55. The maximum atomic E-state index is 12.2. The molecule has 0 aromatic carbocycles. The van der Waals surface area contributed by atoms with Crippen molar-refractivity contribution >= 4 is 21.7 Å². The third kappa shape index (κ3) is 2.66. The molecule has 0 radical (unpaired) electrons. The fourth-order valence-electron chi connectivity index (χ4n) is 1.43. The van der Waals surface area contributed by atoms with Gasteiger partial charge in [0, 0.05) is 6.54 Å². The summed E-state index contributed by atoms with van der Waals surface area (Å²) in [4.78, 5) is 11.0. The molecule has 0 aliphatic carbocycles. The second kappa shape index (κ2) is 5.52. The van der Waals surface area contributed by atoms with Gasteiger partial charge in [0.2, 0.25) is 5.78 Å². The van der Waals surface area contributed by atoms with Crippen molar-refractivity contribution in [3.63, 3.8) is 0 Å². The van der Waals surface area contributed by atoms with Crippen molar-refractivity contribution < 1.29 is 13.6 Å². The van der Waals surface area contributed by atoms with Crippen LogP contribution in [0.1, 0.15) is 25.2 Å². The topological polar surface area (TPSA) is 34.9 Å². The van der Waals surface area contributed by atoms with Crippen LogP contribution in [0.15, 0.2) is 4.47 Å². The van der Waals surface area contributed by atoms with Gasteiger partial charge in [-0.25, -0.2) is 8.78 Å². The summed E-state index contributed by atoms with van der Waals surface area (Å²) in [6.45, 7) is 4.34. The van der Waals surface area contributed by atoms with Crippen LogP contribution in [0.25, 0.3) is 0 Å². The lowest BCUT2D eigenvalue weighted by Gasteiger charge is -2.04. The number of rotatable bonds is 5. The van der Waals surface area contributed by atoms with Gasteiger partial charge >= 0.3 is 0 Å². The number of aromatic nitrogens is 2. The highest BCUT2D eigenvalue weighted by Gasteiger charge is 2.21. The molecule has 0 bridgehead atoms. The Morgan fingerprint density at radius 1 is 1.50 bits per heavy atom. The Morgan fingerprint density at radius 3 is 2.56 bits per heavy atom. The normalized spacial score (nSPS) is 11.1. The summed E-state index contributed by atoms with van der Waals surface area (Å²) in [5, 5.41) is 4.23. The minimum absolute atomic E-state index is 0.279. The summed E-state index contributed by atoms with van der Waals surface area (Å²) in [5.74, 6) is -1.07. The van der Waals surface area contributed by atoms with Gasteiger partial charge in [-0.15, -0.1) is 0 Å². The average molecular weight is 295 g/mol. The minimum atomic E-state index is -2.92. The number of ketones is 1. The summed E-state index contributed by atoms with van der Waals surface area (Å²) in [7, 11) is 0. The highest BCUT2D eigenvalue weighted by atomic mass is 79.9. The van der Waals surface area contributed by atoms with Crippen LogP contribution in [0, 0.1) is 0 Å². The van der Waals surface area contributed by atoms with Gasteiger partial charge in [-0.1, -0.05) is 6.92 Å². The van der Waals surface area contributed by atoms with E-state index >= 15 is 0 Å². The first-order valence-corrected chi connectivity index (χ1v) is 5.85. The van der Waals surface area contributed by atoms with E-state index in [4.69, 9.17) is 0 Å². The van der Waals surface area contributed by atoms with Crippen LogP contribution < -0.4 is 0 Å². The number of hydrogen-bond donors (Lipinski definition) is 0. The van der Waals surface area contributed by atoms with Crippen LogP contribution in [0.3, 0.4) is 0 Å². The predicted octanol–water partition coefficient (Wildman–Crippen LogP) is 2.60. The summed E-state index contributed by atoms with van der Waals surface area (Å²) in [5.41, 5.74) is 1.32. The lowest BCUT2D eigenvalue weighted by Crippen LogP contribution is -2.16. The van der Waals surface area contributed by atoms with E-state index in [1.807, 2.05) is 13.8 Å². The molecule has 0 unspecified atom stereocenters. The van der Waals surface area contributed by atoms with Crippen LogP contribution in [0.5, 0.6) is 0 Å². The van der Waals surface area contributed by atoms with E-state index in [0.29, 0.717) is 23.1 Å². The van der Waals surface area contributed by atoms with Crippen molar-refractivity contribution in [1.29, 1.82) is 0 Å². The van der Waals surface area contributed by atoms with E-state index in [1.165, 1.54) is 0 Å². The molecule has 0 aliphatic heterocycles. The molecule has 0 N–H and O–H groups in total. The lowest BCUT2D eigenvalue weighted by molar-refractivity contribution is -0.128. The molecule has 90 valence electrons. The highest BCUT2D eigenvalue weighted by Crippen LogP contribution is 2.23. The molecule has 0 atom stereocenters. The SMILES string of the molecule is CCc1nn(CC)c(CC(=O)C(F)F)c1Br. The largest absolute Gasteiger partial charge is 0.296 e. The molecular weight excluding hydrogens is 282 g/mol. The molecule has 16 heavy (non-hydrogen) atoms. The van der Waals surface area contributed by atoms with E-state index in [9.17, 15) is 13.6 Å². The minimum Gasteiger partial charge on any atom is -0.293 e. The number of hydrogen-bond acceptors (Lipinski definition) is 2. The third-order valence-corrected chi connectivity index (χ3v) is 3.19. The summed E-state index contributed by atoms with van der Waals surface area (Å²) in [6.07, 6.45) is -2.50. The van der Waals surface area contributed by atoms with Crippen LogP contribution in [-0.2, 0) is 24.2 Å². The summed E-state index contributed by atoms with van der Waals surface area (Å²) in [6, 6.07) is 0. The second-order valence-corrected chi connectivity index (χ2v) is 4.11. The van der Waals surface area contributed by atoms with Crippen molar-refractivity contribution in [1.82, 2.24) is 9.78 Å². The molecule has 0 amide bonds. The number of Topliss-reactive ketones (excluding diaryl/α,β-unsaturated/α-hetero) is 1. The van der Waals surface area contributed by atoms with E-state index < -0.39 is 12.2 Å². The molecule has 0 fully saturated rings. The third-order valence-electron chi connectivity index (χ3n) is 2.28. The Bertz CT molecular complexity index is 390. The van der Waals surface area contributed by atoms with Crippen molar-refractivity contribution in [2.24, 2.45) is 0 Å². The van der Waals surface area contributed by atoms with Gasteiger partial charge in [-0.3, -0.25) is 9.48 Å². The fourth-order valence-corrected chi connectivity index (χ4v) is 2.13. The molecule has 6 heteroatoms. The van der Waals surface area contributed by atoms with Gasteiger partial charge in [-0.05, 0) is 29.3 Å². The van der Waals surface area contributed by atoms with Gasteiger partial charge in [0.25, 0.3) is 6.43 Å². The van der Waals surface area contributed by atoms with Gasteiger partial charge in [0.1, 0.15) is 0 Å². The van der Waals surface area contributed by atoms with E-state index in [0.717, 1.165) is 5.69 Å². The van der Waals surface area contributed by atoms with Crippen molar-refractivity contribution in [2.75, 3.05) is 0 Å². The van der Waals surface area contributed by atoms with E-state index in [1.54, 1.807) is 4.68 Å². The zero-order chi connectivity index (χ0) is 12.3. The highest BCUT2D eigenvalue weighted by molar-refractivity contribution is 9.10. The standard InChI is InChI=1S/C10H13BrF2N2O/c1-3-6-9(11)7(15(4-2)14-6)5-8(16)10(12)13/h10H,3-5H2,1-2H3. The molecule has 1 rings (SSSR count). The zero-order valence-electron chi connectivity index (χ0n) is 9.14. The molecule has 0 spiro atoms. The van der Waals surface area contributed by atoms with E-state index in [2.05, 4.69) is 21.0 Å². The molecule has 0 aliphatic rings. The molecular formula is C10H13BrF2N2O. The fraction of sp³-hybridized carbons (Fsp3) is 0.600. The van der Waals surface area contributed by atoms with Crippen LogP contribution >= 0.6 is 15.9 Å². The Labute approximate surface area is 101 Å². The Morgan fingerprint density at radius 2 is 2.12 bits per heavy atom. The molecule has 1 aromatic heterocycles. The molecule has 3 nitrogen and oxygen atoms in total. The number of carbonyl (C=O) groups is 1. The maximum Gasteiger partial charge on any atom is 0.296 e. The quantitative estimate of drug-likeness (QED) is 0.837. The Balaban J connectivity index is 3.02. The van der Waals surface area contributed by atoms with Crippen molar-refractivity contribution in [3.05, 3.63) is 15.9 Å². The number of halogens is 3. The maximum absolute atomic E-state index is 12.2. The number of aryl methyl sites for hydroxylation is 2. The number of carbonyl (C=O) groups excluding carboxylic acids is 1.